The van der Waals surface area contributed by atoms with E-state index in [4.69, 9.17) is 15.3 Å². The highest BCUT2D eigenvalue weighted by molar-refractivity contribution is 5.90. The van der Waals surface area contributed by atoms with E-state index in [0.29, 0.717) is 0 Å². The van der Waals surface area contributed by atoms with Crippen molar-refractivity contribution in [2.24, 2.45) is 0 Å². The van der Waals surface area contributed by atoms with E-state index in [1.165, 1.54) is 12.1 Å². The Balaban J connectivity index is 0.000000224. The molecule has 0 fully saturated rings. The first kappa shape index (κ1) is 17.0. The van der Waals surface area contributed by atoms with Crippen LogP contribution in [0.2, 0.25) is 0 Å². The number of carboxylic acid groups (broad SMARTS) is 2. The van der Waals surface area contributed by atoms with Crippen LogP contribution in [-0.2, 0) is 0 Å². The number of hydrogen-bond donors (Lipinski definition) is 4. The second-order valence-electron chi connectivity index (χ2n) is 4.40. The Kier molecular flexibility index (Phi) is 6.43. The summed E-state index contributed by atoms with van der Waals surface area (Å²) in [6.45, 7) is 1.81. The van der Waals surface area contributed by atoms with E-state index < -0.39 is 12.1 Å². The van der Waals surface area contributed by atoms with Crippen molar-refractivity contribution < 1.29 is 24.9 Å². The Morgan fingerprint density at radius 3 is 1.95 bits per heavy atom. The molecule has 0 unspecified atom stereocenters. The van der Waals surface area contributed by atoms with Crippen LogP contribution in [0.25, 0.3) is 0 Å². The number of hydrogen-bond acceptors (Lipinski definition) is 3. The number of nitrogens with one attached hydrogen (secondary N) is 1. The van der Waals surface area contributed by atoms with Gasteiger partial charge in [-0.3, -0.25) is 0 Å². The fourth-order valence-electron chi connectivity index (χ4n) is 1.66. The van der Waals surface area contributed by atoms with E-state index in [-0.39, 0.29) is 17.4 Å². The summed E-state index contributed by atoms with van der Waals surface area (Å²) in [5.41, 5.74) is 0.905. The number of phenols is 1. The van der Waals surface area contributed by atoms with Crippen LogP contribution in [0.5, 0.6) is 5.75 Å². The molecule has 0 bridgehead atoms. The van der Waals surface area contributed by atoms with E-state index in [9.17, 15) is 9.59 Å². The summed E-state index contributed by atoms with van der Waals surface area (Å²) in [7, 11) is 0. The van der Waals surface area contributed by atoms with Crippen molar-refractivity contribution in [3.63, 3.8) is 0 Å². The van der Waals surface area contributed by atoms with Crippen molar-refractivity contribution in [3.8, 4) is 5.75 Å². The van der Waals surface area contributed by atoms with Gasteiger partial charge in [0.25, 0.3) is 0 Å². The number of carboxylic acids is 1. The van der Waals surface area contributed by atoms with Gasteiger partial charge in [-0.15, -0.1) is 0 Å². The second-order valence-corrected chi connectivity index (χ2v) is 4.40. The molecule has 0 radical (unpaired) electrons. The van der Waals surface area contributed by atoms with E-state index in [1.54, 1.807) is 12.1 Å². The van der Waals surface area contributed by atoms with Gasteiger partial charge in [0.1, 0.15) is 11.3 Å². The molecule has 0 saturated carbocycles. The monoisotopic (exact) mass is 303 g/mol. The molecule has 0 spiro atoms. The van der Waals surface area contributed by atoms with Crippen molar-refractivity contribution in [1.82, 2.24) is 5.32 Å². The smallest absolute Gasteiger partial charge is 0.405 e. The summed E-state index contributed by atoms with van der Waals surface area (Å²) in [5.74, 6) is -1.31. The SMILES string of the molecule is C[C@@H](NC(=O)O)c1ccccc1.O=C(O)c1ccccc1O. The average molecular weight is 303 g/mol. The third kappa shape index (κ3) is 5.54. The zero-order valence-corrected chi connectivity index (χ0v) is 11.9. The number of aromatic hydroxyl groups is 1. The van der Waals surface area contributed by atoms with Gasteiger partial charge in [-0.2, -0.15) is 0 Å². The molecule has 0 aliphatic carbocycles. The largest absolute Gasteiger partial charge is 0.507 e. The van der Waals surface area contributed by atoms with Crippen molar-refractivity contribution in [1.29, 1.82) is 0 Å². The van der Waals surface area contributed by atoms with Crippen molar-refractivity contribution in [3.05, 3.63) is 65.7 Å². The average Bonchev–Trinajstić information content (AvgIpc) is 2.48. The fourth-order valence-corrected chi connectivity index (χ4v) is 1.66. The predicted octanol–water partition coefficient (Wildman–Crippen LogP) is 3.11. The molecule has 2 rings (SSSR count). The summed E-state index contributed by atoms with van der Waals surface area (Å²) in [6.07, 6.45) is -0.994. The fraction of sp³-hybridized carbons (Fsp3) is 0.125. The lowest BCUT2D eigenvalue weighted by Crippen LogP contribution is -2.24. The first-order chi connectivity index (χ1) is 10.4. The van der Waals surface area contributed by atoms with E-state index in [1.807, 2.05) is 37.3 Å². The number of benzene rings is 2. The van der Waals surface area contributed by atoms with Crippen LogP contribution in [0.3, 0.4) is 0 Å². The van der Waals surface area contributed by atoms with Crippen LogP contribution in [0.4, 0.5) is 4.79 Å². The molecular formula is C16H17NO5. The Morgan fingerprint density at radius 2 is 1.50 bits per heavy atom. The first-order valence-corrected chi connectivity index (χ1v) is 6.47. The molecule has 6 heteroatoms. The van der Waals surface area contributed by atoms with Gasteiger partial charge in [0.15, 0.2) is 0 Å². The molecule has 2 aromatic carbocycles. The van der Waals surface area contributed by atoms with E-state index >= 15 is 0 Å². The number of rotatable bonds is 3. The Morgan fingerprint density at radius 1 is 0.955 bits per heavy atom. The van der Waals surface area contributed by atoms with E-state index in [2.05, 4.69) is 5.32 Å². The van der Waals surface area contributed by atoms with Gasteiger partial charge >= 0.3 is 12.1 Å². The topological polar surface area (TPSA) is 107 Å². The summed E-state index contributed by atoms with van der Waals surface area (Å²) in [5, 5.41) is 28.1. The standard InChI is InChI=1S/C9H11NO2.C7H6O3/c1-7(10-9(11)12)8-5-3-2-4-6-8;8-6-4-2-1-3-5(6)7(9)10/h2-7,10H,1H3,(H,11,12);1-4,8H,(H,9,10)/t7-;/m1./s1. The normalized spacial score (nSPS) is 10.8. The minimum Gasteiger partial charge on any atom is -0.507 e. The third-order valence-corrected chi connectivity index (χ3v) is 2.77. The maximum absolute atomic E-state index is 10.3. The minimum atomic E-state index is -1.11. The summed E-state index contributed by atoms with van der Waals surface area (Å²) >= 11 is 0. The zero-order chi connectivity index (χ0) is 16.5. The molecule has 22 heavy (non-hydrogen) atoms. The van der Waals surface area contributed by atoms with Gasteiger partial charge in [0.2, 0.25) is 0 Å². The molecule has 0 heterocycles. The summed E-state index contributed by atoms with van der Waals surface area (Å²) < 4.78 is 0. The molecule has 1 amide bonds. The third-order valence-electron chi connectivity index (χ3n) is 2.77. The molecule has 0 aliphatic heterocycles. The highest BCUT2D eigenvalue weighted by atomic mass is 16.4. The van der Waals surface area contributed by atoms with Crippen LogP contribution in [0.1, 0.15) is 28.9 Å². The van der Waals surface area contributed by atoms with Gasteiger partial charge in [-0.05, 0) is 24.6 Å². The highest BCUT2D eigenvalue weighted by Crippen LogP contribution is 2.14. The molecule has 6 nitrogen and oxygen atoms in total. The van der Waals surface area contributed by atoms with Crippen molar-refractivity contribution in [2.75, 3.05) is 0 Å². The maximum atomic E-state index is 10.3. The number of aromatic carboxylic acids is 1. The lowest BCUT2D eigenvalue weighted by Gasteiger charge is -2.10. The Hall–Kier alpha value is -3.02. The summed E-state index contributed by atoms with van der Waals surface area (Å²) in [4.78, 5) is 20.5. The molecule has 0 aliphatic rings. The number of amides is 1. The van der Waals surface area contributed by atoms with Gasteiger partial charge in [-0.1, -0.05) is 42.5 Å². The number of para-hydroxylation sites is 1. The summed E-state index contributed by atoms with van der Waals surface area (Å²) in [6, 6.07) is 15.1. The van der Waals surface area contributed by atoms with Crippen LogP contribution >= 0.6 is 0 Å². The highest BCUT2D eigenvalue weighted by Gasteiger charge is 2.06. The van der Waals surface area contributed by atoms with Crippen LogP contribution in [-0.4, -0.2) is 27.4 Å². The van der Waals surface area contributed by atoms with Gasteiger partial charge in [0.05, 0.1) is 6.04 Å². The van der Waals surface area contributed by atoms with Crippen LogP contribution in [0, 0.1) is 0 Å². The molecular weight excluding hydrogens is 286 g/mol. The first-order valence-electron chi connectivity index (χ1n) is 6.47. The van der Waals surface area contributed by atoms with Gasteiger partial charge < -0.3 is 20.6 Å². The van der Waals surface area contributed by atoms with Crippen molar-refractivity contribution in [2.45, 2.75) is 13.0 Å². The van der Waals surface area contributed by atoms with Gasteiger partial charge in [-0.25, -0.2) is 9.59 Å². The molecule has 0 saturated heterocycles. The van der Waals surface area contributed by atoms with Gasteiger partial charge in [0, 0.05) is 0 Å². The van der Waals surface area contributed by atoms with Crippen LogP contribution < -0.4 is 5.32 Å². The molecule has 2 aromatic rings. The molecule has 0 aromatic heterocycles. The quantitative estimate of drug-likeness (QED) is 0.697. The Labute approximate surface area is 127 Å². The molecule has 4 N–H and O–H groups in total. The number of carbonyl (C=O) groups is 2. The molecule has 1 atom stereocenters. The lowest BCUT2D eigenvalue weighted by atomic mass is 10.1. The predicted molar refractivity (Wildman–Crippen MR) is 81.1 cm³/mol. The maximum Gasteiger partial charge on any atom is 0.405 e. The minimum absolute atomic E-state index is 0.0671. The zero-order valence-electron chi connectivity index (χ0n) is 11.9. The second kappa shape index (κ2) is 8.31. The van der Waals surface area contributed by atoms with E-state index in [0.717, 1.165) is 5.56 Å². The lowest BCUT2D eigenvalue weighted by molar-refractivity contribution is 0.0693. The Bertz CT molecular complexity index is 627. The van der Waals surface area contributed by atoms with Crippen LogP contribution in [0.15, 0.2) is 54.6 Å². The molecule has 116 valence electrons. The van der Waals surface area contributed by atoms with Crippen molar-refractivity contribution >= 4 is 12.1 Å².